The van der Waals surface area contributed by atoms with Crippen LogP contribution >= 0.6 is 0 Å². The molecular weight excluding hydrogens is 760 g/mol. The van der Waals surface area contributed by atoms with Crippen molar-refractivity contribution in [3.8, 4) is 0 Å². The summed E-state index contributed by atoms with van der Waals surface area (Å²) in [7, 11) is 2.71. The lowest BCUT2D eigenvalue weighted by Crippen LogP contribution is -2.36. The summed E-state index contributed by atoms with van der Waals surface area (Å²) in [5.41, 5.74) is 0.762. The first kappa shape index (κ1) is 43.9. The molecule has 1 aromatic carbocycles. The number of ether oxygens (including phenoxy) is 11. The van der Waals surface area contributed by atoms with E-state index < -0.39 is 11.9 Å². The second kappa shape index (κ2) is 20.1. The highest BCUT2D eigenvalue weighted by Gasteiger charge is 2.50. The van der Waals surface area contributed by atoms with Gasteiger partial charge in [-0.3, -0.25) is 14.4 Å². The van der Waals surface area contributed by atoms with E-state index in [-0.39, 0.29) is 84.7 Å². The van der Waals surface area contributed by atoms with E-state index in [0.29, 0.717) is 101 Å². The van der Waals surface area contributed by atoms with Crippen LogP contribution in [-0.4, -0.2) is 139 Å². The third-order valence-electron chi connectivity index (χ3n) is 12.0. The third kappa shape index (κ3) is 10.2. The number of carbonyl (C=O) groups is 5. The Morgan fingerprint density at radius 1 is 0.500 bits per heavy atom. The van der Waals surface area contributed by atoms with Crippen LogP contribution in [0.3, 0.4) is 0 Å². The van der Waals surface area contributed by atoms with E-state index in [1.165, 1.54) is 26.4 Å². The van der Waals surface area contributed by atoms with Gasteiger partial charge in [-0.05, 0) is 49.9 Å². The van der Waals surface area contributed by atoms with Crippen molar-refractivity contribution in [3.05, 3.63) is 35.4 Å². The molecule has 58 heavy (non-hydrogen) atoms. The smallest absolute Gasteiger partial charge is 0.338 e. The van der Waals surface area contributed by atoms with Gasteiger partial charge in [-0.15, -0.1) is 0 Å². The van der Waals surface area contributed by atoms with Crippen molar-refractivity contribution >= 4 is 29.8 Å². The zero-order valence-corrected chi connectivity index (χ0v) is 34.2. The predicted molar refractivity (Wildman–Crippen MR) is 200 cm³/mol. The molecule has 322 valence electrons. The lowest BCUT2D eigenvalue weighted by Gasteiger charge is -2.27. The van der Waals surface area contributed by atoms with Crippen molar-refractivity contribution in [2.75, 3.05) is 53.9 Å². The summed E-state index contributed by atoms with van der Waals surface area (Å²) in [6.07, 6.45) is 2.08. The highest BCUT2D eigenvalue weighted by Crippen LogP contribution is 2.36. The molecule has 12 unspecified atom stereocenters. The highest BCUT2D eigenvalue weighted by atomic mass is 16.6. The van der Waals surface area contributed by atoms with Gasteiger partial charge in [-0.1, -0.05) is 27.7 Å². The Bertz CT molecular complexity index is 1570. The highest BCUT2D eigenvalue weighted by molar-refractivity contribution is 5.93. The van der Waals surface area contributed by atoms with Gasteiger partial charge in [0, 0.05) is 24.2 Å². The molecule has 12 atom stereocenters. The fourth-order valence-corrected chi connectivity index (χ4v) is 8.56. The van der Waals surface area contributed by atoms with E-state index in [1.54, 1.807) is 19.1 Å². The summed E-state index contributed by atoms with van der Waals surface area (Å²) in [4.78, 5) is 58.5. The van der Waals surface area contributed by atoms with E-state index >= 15 is 0 Å². The van der Waals surface area contributed by atoms with Gasteiger partial charge in [-0.2, -0.15) is 0 Å². The van der Waals surface area contributed by atoms with Crippen molar-refractivity contribution in [1.82, 2.24) is 0 Å². The van der Waals surface area contributed by atoms with Crippen LogP contribution in [-0.2, 0) is 66.5 Å². The summed E-state index contributed by atoms with van der Waals surface area (Å²) in [6, 6.07) is 6.15. The maximum atomic E-state index is 12.3. The molecule has 0 spiro atoms. The monoisotopic (exact) mass is 818 g/mol. The van der Waals surface area contributed by atoms with Crippen LogP contribution in [0.15, 0.2) is 24.3 Å². The standard InChI is InChI=1S/C16H24O6.C16H18O6.C10H16O4/c2*1-9-7-20-14-12(8-21-13(9)14)22-16(18)11-5-3-10(4-6-11)15(17)19-2;1-3-8(11)14-7-5-13-9-6(2)4-12-10(7)9/h9-14H,3-8H2,1-2H3;3-6,9,12-14H,7-8H2,1-2H3;6-7,9-10H,3-5H2,1-2H3. The number of rotatable bonds is 8. The number of benzene rings is 1. The molecular formula is C42H58O16. The quantitative estimate of drug-likeness (QED) is 0.274. The molecule has 6 aliphatic heterocycles. The minimum atomic E-state index is -0.450. The normalized spacial score (nSPS) is 36.8. The fraction of sp³-hybridized carbons (Fsp3) is 0.738. The zero-order valence-electron chi connectivity index (χ0n) is 34.2. The molecule has 6 saturated heterocycles. The molecule has 0 aromatic heterocycles. The Balaban J connectivity index is 0.000000151. The van der Waals surface area contributed by atoms with E-state index in [9.17, 15) is 24.0 Å². The molecule has 1 aliphatic carbocycles. The predicted octanol–water partition coefficient (Wildman–Crippen LogP) is 3.49. The van der Waals surface area contributed by atoms with Gasteiger partial charge in [0.2, 0.25) is 0 Å². The first-order valence-electron chi connectivity index (χ1n) is 20.5. The second-order valence-corrected chi connectivity index (χ2v) is 16.2. The van der Waals surface area contributed by atoms with Gasteiger partial charge in [0.15, 0.2) is 18.3 Å². The molecule has 0 N–H and O–H groups in total. The molecule has 0 radical (unpaired) electrons. The van der Waals surface area contributed by atoms with Crippen molar-refractivity contribution < 1.29 is 76.1 Å². The van der Waals surface area contributed by atoms with Gasteiger partial charge in [0.05, 0.1) is 95.1 Å². The molecule has 1 aromatic rings. The van der Waals surface area contributed by atoms with Crippen LogP contribution in [0.5, 0.6) is 0 Å². The Hall–Kier alpha value is -3.67. The van der Waals surface area contributed by atoms with Crippen molar-refractivity contribution in [1.29, 1.82) is 0 Å². The van der Waals surface area contributed by atoms with Crippen LogP contribution in [0.2, 0.25) is 0 Å². The summed E-state index contributed by atoms with van der Waals surface area (Å²) >= 11 is 0. The minimum absolute atomic E-state index is 0.000463. The number of hydrogen-bond acceptors (Lipinski definition) is 16. The number of methoxy groups -OCH3 is 2. The average Bonchev–Trinajstić information content (AvgIpc) is 4.11. The second-order valence-electron chi connectivity index (χ2n) is 16.2. The Labute approximate surface area is 339 Å². The first-order valence-corrected chi connectivity index (χ1v) is 20.5. The molecule has 16 nitrogen and oxygen atoms in total. The molecule has 1 saturated carbocycles. The maximum Gasteiger partial charge on any atom is 0.338 e. The van der Waals surface area contributed by atoms with Crippen LogP contribution in [0.4, 0.5) is 0 Å². The third-order valence-corrected chi connectivity index (χ3v) is 12.0. The summed E-state index contributed by atoms with van der Waals surface area (Å²) in [5.74, 6) is -0.557. The molecule has 8 rings (SSSR count). The maximum absolute atomic E-state index is 12.3. The van der Waals surface area contributed by atoms with Crippen molar-refractivity contribution in [3.63, 3.8) is 0 Å². The summed E-state index contributed by atoms with van der Waals surface area (Å²) in [6.45, 7) is 11.3. The van der Waals surface area contributed by atoms with Crippen LogP contribution in [0.1, 0.15) is 80.5 Å². The lowest BCUT2D eigenvalue weighted by molar-refractivity contribution is -0.161. The van der Waals surface area contributed by atoms with Gasteiger partial charge in [0.1, 0.15) is 18.3 Å². The Morgan fingerprint density at radius 3 is 1.29 bits per heavy atom. The van der Waals surface area contributed by atoms with Gasteiger partial charge >= 0.3 is 29.8 Å². The van der Waals surface area contributed by atoms with Gasteiger partial charge < -0.3 is 52.1 Å². The van der Waals surface area contributed by atoms with Crippen LogP contribution in [0, 0.1) is 29.6 Å². The SMILES string of the molecule is CCC(=O)OC1COC2C(C)COC12.COC(=O)C1CCC(C(=O)OC2COC3C(C)COC23)CC1.COC(=O)c1ccc(C(=O)OC2COC3C(C)COC23)cc1. The minimum Gasteiger partial charge on any atom is -0.469 e. The topological polar surface area (TPSA) is 187 Å². The van der Waals surface area contributed by atoms with Gasteiger partial charge in [0.25, 0.3) is 0 Å². The number of hydrogen-bond donors (Lipinski definition) is 0. The zero-order chi connectivity index (χ0) is 41.5. The summed E-state index contributed by atoms with van der Waals surface area (Å²) in [5, 5.41) is 0. The van der Waals surface area contributed by atoms with E-state index in [1.807, 2.05) is 0 Å². The van der Waals surface area contributed by atoms with Crippen LogP contribution in [0.25, 0.3) is 0 Å². The number of fused-ring (bicyclic) bond motifs is 3. The van der Waals surface area contributed by atoms with Crippen molar-refractivity contribution in [2.45, 2.75) is 115 Å². The van der Waals surface area contributed by atoms with Crippen molar-refractivity contribution in [2.24, 2.45) is 29.6 Å². The first-order chi connectivity index (χ1) is 27.9. The largest absolute Gasteiger partial charge is 0.469 e. The van der Waals surface area contributed by atoms with E-state index in [0.717, 1.165) is 0 Å². The number of carbonyl (C=O) groups excluding carboxylic acids is 5. The van der Waals surface area contributed by atoms with E-state index in [4.69, 9.17) is 47.4 Å². The molecule has 0 bridgehead atoms. The molecule has 16 heteroatoms. The molecule has 7 fully saturated rings. The fourth-order valence-electron chi connectivity index (χ4n) is 8.56. The van der Waals surface area contributed by atoms with Gasteiger partial charge in [-0.25, -0.2) is 9.59 Å². The average molecular weight is 819 g/mol. The Kier molecular flexibility index (Phi) is 15.2. The molecule has 6 heterocycles. The Morgan fingerprint density at radius 2 is 0.879 bits per heavy atom. The van der Waals surface area contributed by atoms with E-state index in [2.05, 4.69) is 25.5 Å². The molecule has 0 amide bonds. The lowest BCUT2D eigenvalue weighted by atomic mass is 9.82. The van der Waals surface area contributed by atoms with Crippen LogP contribution < -0.4 is 0 Å². The summed E-state index contributed by atoms with van der Waals surface area (Å²) < 4.78 is 59.5. The number of esters is 5. The molecule has 7 aliphatic rings.